The average Bonchev–Trinajstić information content (AvgIpc) is 3.29. The highest BCUT2D eigenvalue weighted by molar-refractivity contribution is 5.42. The van der Waals surface area contributed by atoms with Gasteiger partial charge in [-0.25, -0.2) is 0 Å². The van der Waals surface area contributed by atoms with E-state index in [1.54, 1.807) is 32.4 Å². The van der Waals surface area contributed by atoms with Crippen LogP contribution in [0.4, 0.5) is 0 Å². The summed E-state index contributed by atoms with van der Waals surface area (Å²) in [5.41, 5.74) is 4.71. The molecule has 0 radical (unpaired) electrons. The molecule has 2 rings (SSSR count). The molecule has 0 spiro atoms. The van der Waals surface area contributed by atoms with Crippen LogP contribution in [0.25, 0.3) is 0 Å². The molecule has 1 unspecified atom stereocenters. The first kappa shape index (κ1) is 14.0. The van der Waals surface area contributed by atoms with E-state index < -0.39 is 5.60 Å². The van der Waals surface area contributed by atoms with Crippen LogP contribution in [0.5, 0.6) is 17.2 Å². The standard InChI is InChI=1S/C14H21NO4/c1-17-11-5-12(18-2)7-13(6-11)19-9-14(16,8-15)10-3-4-10/h5-7,10,16H,3-4,8-9,15H2,1-2H3. The Morgan fingerprint density at radius 1 is 1.16 bits per heavy atom. The normalized spacial score (nSPS) is 17.7. The molecule has 5 nitrogen and oxygen atoms in total. The highest BCUT2D eigenvalue weighted by Gasteiger charge is 2.43. The molecule has 0 heterocycles. The second-order valence-electron chi connectivity index (χ2n) is 4.92. The van der Waals surface area contributed by atoms with E-state index in [2.05, 4.69) is 0 Å². The Bertz CT molecular complexity index is 411. The number of hydrogen-bond donors (Lipinski definition) is 2. The Balaban J connectivity index is 2.05. The summed E-state index contributed by atoms with van der Waals surface area (Å²) in [6.07, 6.45) is 2.02. The molecule has 5 heteroatoms. The fraction of sp³-hybridized carbons (Fsp3) is 0.571. The molecule has 106 valence electrons. The van der Waals surface area contributed by atoms with Gasteiger partial charge in [0, 0.05) is 24.7 Å². The van der Waals surface area contributed by atoms with Crippen LogP contribution in [0.15, 0.2) is 18.2 Å². The zero-order chi connectivity index (χ0) is 13.9. The lowest BCUT2D eigenvalue weighted by Gasteiger charge is -2.26. The van der Waals surface area contributed by atoms with Crippen molar-refractivity contribution in [3.05, 3.63) is 18.2 Å². The molecule has 0 saturated heterocycles. The second kappa shape index (κ2) is 5.67. The highest BCUT2D eigenvalue weighted by atomic mass is 16.5. The minimum atomic E-state index is -0.934. The van der Waals surface area contributed by atoms with Crippen LogP contribution in [0.2, 0.25) is 0 Å². The topological polar surface area (TPSA) is 73.9 Å². The highest BCUT2D eigenvalue weighted by Crippen LogP contribution is 2.39. The lowest BCUT2D eigenvalue weighted by atomic mass is 9.99. The monoisotopic (exact) mass is 267 g/mol. The van der Waals surface area contributed by atoms with Crippen molar-refractivity contribution in [3.63, 3.8) is 0 Å². The first-order valence-corrected chi connectivity index (χ1v) is 6.39. The van der Waals surface area contributed by atoms with Crippen LogP contribution in [0.1, 0.15) is 12.8 Å². The lowest BCUT2D eigenvalue weighted by Crippen LogP contribution is -2.45. The van der Waals surface area contributed by atoms with Gasteiger partial charge >= 0.3 is 0 Å². The van der Waals surface area contributed by atoms with Crippen LogP contribution >= 0.6 is 0 Å². The van der Waals surface area contributed by atoms with E-state index in [1.807, 2.05) is 0 Å². The maximum absolute atomic E-state index is 10.4. The molecule has 0 bridgehead atoms. The number of rotatable bonds is 7. The van der Waals surface area contributed by atoms with Gasteiger partial charge in [0.1, 0.15) is 29.5 Å². The molecule has 1 aromatic carbocycles. The zero-order valence-corrected chi connectivity index (χ0v) is 11.4. The summed E-state index contributed by atoms with van der Waals surface area (Å²) in [4.78, 5) is 0. The minimum Gasteiger partial charge on any atom is -0.496 e. The molecule has 1 saturated carbocycles. The van der Waals surface area contributed by atoms with E-state index in [0.717, 1.165) is 12.8 Å². The molecular formula is C14H21NO4. The third-order valence-electron chi connectivity index (χ3n) is 3.50. The van der Waals surface area contributed by atoms with Gasteiger partial charge in [0.2, 0.25) is 0 Å². The van der Waals surface area contributed by atoms with Gasteiger partial charge in [0.15, 0.2) is 0 Å². The average molecular weight is 267 g/mol. The van der Waals surface area contributed by atoms with Gasteiger partial charge in [-0.05, 0) is 18.8 Å². The summed E-state index contributed by atoms with van der Waals surface area (Å²) in [5.74, 6) is 2.16. The molecule has 1 aliphatic rings. The fourth-order valence-electron chi connectivity index (χ4n) is 2.04. The van der Waals surface area contributed by atoms with E-state index in [1.165, 1.54) is 0 Å². The fourth-order valence-corrected chi connectivity index (χ4v) is 2.04. The van der Waals surface area contributed by atoms with Gasteiger partial charge in [-0.2, -0.15) is 0 Å². The van der Waals surface area contributed by atoms with Gasteiger partial charge < -0.3 is 25.1 Å². The molecule has 1 fully saturated rings. The quantitative estimate of drug-likeness (QED) is 0.776. The van der Waals surface area contributed by atoms with Gasteiger partial charge in [0.05, 0.1) is 14.2 Å². The molecule has 3 N–H and O–H groups in total. The maximum atomic E-state index is 10.4. The Morgan fingerprint density at radius 3 is 2.11 bits per heavy atom. The molecule has 1 aromatic rings. The second-order valence-corrected chi connectivity index (χ2v) is 4.92. The predicted octanol–water partition coefficient (Wildman–Crippen LogP) is 1.18. The van der Waals surface area contributed by atoms with Crippen LogP contribution in [0, 0.1) is 5.92 Å². The summed E-state index contributed by atoms with van der Waals surface area (Å²) in [5, 5.41) is 10.4. The van der Waals surface area contributed by atoms with E-state index >= 15 is 0 Å². The molecule has 1 aliphatic carbocycles. The third kappa shape index (κ3) is 3.30. The van der Waals surface area contributed by atoms with Crippen LogP contribution < -0.4 is 19.9 Å². The van der Waals surface area contributed by atoms with Gasteiger partial charge in [-0.3, -0.25) is 0 Å². The molecular weight excluding hydrogens is 246 g/mol. The van der Waals surface area contributed by atoms with E-state index in [0.29, 0.717) is 17.2 Å². The Hall–Kier alpha value is -1.46. The van der Waals surface area contributed by atoms with Crippen molar-refractivity contribution in [2.75, 3.05) is 27.4 Å². The number of ether oxygens (including phenoxy) is 3. The zero-order valence-electron chi connectivity index (χ0n) is 11.4. The van der Waals surface area contributed by atoms with Crippen molar-refractivity contribution < 1.29 is 19.3 Å². The Kier molecular flexibility index (Phi) is 4.17. The first-order valence-electron chi connectivity index (χ1n) is 6.39. The van der Waals surface area contributed by atoms with Crippen LogP contribution in [-0.4, -0.2) is 38.1 Å². The minimum absolute atomic E-state index is 0.185. The molecule has 0 aromatic heterocycles. The van der Waals surface area contributed by atoms with Gasteiger partial charge in [-0.1, -0.05) is 0 Å². The van der Waals surface area contributed by atoms with Crippen molar-refractivity contribution in [2.45, 2.75) is 18.4 Å². The smallest absolute Gasteiger partial charge is 0.126 e. The number of methoxy groups -OCH3 is 2. The number of nitrogens with two attached hydrogens (primary N) is 1. The Morgan fingerprint density at radius 2 is 1.68 bits per heavy atom. The molecule has 0 aliphatic heterocycles. The summed E-state index contributed by atoms with van der Waals surface area (Å²) in [6, 6.07) is 5.28. The molecule has 1 atom stereocenters. The SMILES string of the molecule is COc1cc(OC)cc(OCC(O)(CN)C2CC2)c1. The lowest BCUT2D eigenvalue weighted by molar-refractivity contribution is -0.0163. The summed E-state index contributed by atoms with van der Waals surface area (Å²) >= 11 is 0. The van der Waals surface area contributed by atoms with Gasteiger partial charge in [0.25, 0.3) is 0 Å². The number of aliphatic hydroxyl groups is 1. The predicted molar refractivity (Wildman–Crippen MR) is 71.8 cm³/mol. The van der Waals surface area contributed by atoms with Crippen molar-refractivity contribution in [1.82, 2.24) is 0 Å². The van der Waals surface area contributed by atoms with Crippen molar-refractivity contribution >= 4 is 0 Å². The summed E-state index contributed by atoms with van der Waals surface area (Å²) in [7, 11) is 3.16. The third-order valence-corrected chi connectivity index (χ3v) is 3.50. The van der Waals surface area contributed by atoms with Crippen molar-refractivity contribution in [3.8, 4) is 17.2 Å². The van der Waals surface area contributed by atoms with Crippen LogP contribution in [-0.2, 0) is 0 Å². The maximum Gasteiger partial charge on any atom is 0.126 e. The van der Waals surface area contributed by atoms with Crippen LogP contribution in [0.3, 0.4) is 0 Å². The van der Waals surface area contributed by atoms with Crippen molar-refractivity contribution in [2.24, 2.45) is 11.7 Å². The van der Waals surface area contributed by atoms with E-state index in [9.17, 15) is 5.11 Å². The number of hydrogen-bond acceptors (Lipinski definition) is 5. The van der Waals surface area contributed by atoms with E-state index in [4.69, 9.17) is 19.9 Å². The molecule has 0 amide bonds. The van der Waals surface area contributed by atoms with E-state index in [-0.39, 0.29) is 19.1 Å². The first-order chi connectivity index (χ1) is 9.11. The van der Waals surface area contributed by atoms with Gasteiger partial charge in [-0.15, -0.1) is 0 Å². The summed E-state index contributed by atoms with van der Waals surface area (Å²) in [6.45, 7) is 0.392. The van der Waals surface area contributed by atoms with Crippen molar-refractivity contribution in [1.29, 1.82) is 0 Å². The number of benzene rings is 1. The Labute approximate surface area is 113 Å². The summed E-state index contributed by atoms with van der Waals surface area (Å²) < 4.78 is 16.0. The largest absolute Gasteiger partial charge is 0.496 e. The molecule has 19 heavy (non-hydrogen) atoms.